The van der Waals surface area contributed by atoms with Crippen LogP contribution < -0.4 is 15.0 Å². The van der Waals surface area contributed by atoms with Gasteiger partial charge in [0.2, 0.25) is 0 Å². The van der Waals surface area contributed by atoms with E-state index in [1.54, 1.807) is 31.4 Å². The van der Waals surface area contributed by atoms with E-state index in [4.69, 9.17) is 32.7 Å². The van der Waals surface area contributed by atoms with Crippen molar-refractivity contribution in [2.24, 2.45) is 7.05 Å². The molecule has 0 N–H and O–H groups in total. The fraction of sp³-hybridized carbons (Fsp3) is 0.227. The van der Waals surface area contributed by atoms with Gasteiger partial charge in [0.1, 0.15) is 11.5 Å². The van der Waals surface area contributed by atoms with Gasteiger partial charge in [0, 0.05) is 42.4 Å². The van der Waals surface area contributed by atoms with Crippen molar-refractivity contribution in [2.75, 3.05) is 14.2 Å². The molecule has 1 aromatic carbocycles. The number of hydrogen-bond donors (Lipinski definition) is 0. The molecular weight excluding hydrogens is 427 g/mol. The lowest BCUT2D eigenvalue weighted by atomic mass is 10.0. The number of rotatable bonds is 7. The SMILES string of the molecule is C=CC(=O)CCc1cc2c(cn1)cc(-c1c(Cl)c(OC)cc(OC)c1Cl)c(=O)n2C. The predicted molar refractivity (Wildman–Crippen MR) is 119 cm³/mol. The molecule has 8 heteroatoms. The van der Waals surface area contributed by atoms with E-state index in [0.29, 0.717) is 46.7 Å². The molecular formula is C22H20Cl2N2O4. The van der Waals surface area contributed by atoms with Crippen molar-refractivity contribution >= 4 is 39.9 Å². The van der Waals surface area contributed by atoms with E-state index in [1.165, 1.54) is 24.9 Å². The van der Waals surface area contributed by atoms with Crippen LogP contribution in [-0.4, -0.2) is 29.6 Å². The van der Waals surface area contributed by atoms with Gasteiger partial charge >= 0.3 is 0 Å². The first-order valence-electron chi connectivity index (χ1n) is 9.06. The fourth-order valence-corrected chi connectivity index (χ4v) is 3.90. The smallest absolute Gasteiger partial charge is 0.258 e. The molecule has 0 amide bonds. The number of nitrogens with zero attached hydrogens (tertiary/aromatic N) is 2. The first kappa shape index (κ1) is 21.9. The monoisotopic (exact) mass is 446 g/mol. The van der Waals surface area contributed by atoms with Crippen LogP contribution >= 0.6 is 23.2 Å². The highest BCUT2D eigenvalue weighted by Gasteiger charge is 2.22. The third kappa shape index (κ3) is 3.93. The lowest BCUT2D eigenvalue weighted by molar-refractivity contribution is -0.114. The van der Waals surface area contributed by atoms with Crippen LogP contribution in [0.2, 0.25) is 10.0 Å². The van der Waals surface area contributed by atoms with Crippen LogP contribution in [0.25, 0.3) is 22.0 Å². The Morgan fingerprint density at radius 3 is 2.37 bits per heavy atom. The Bertz CT molecular complexity index is 1190. The zero-order chi connectivity index (χ0) is 22.0. The van der Waals surface area contributed by atoms with Gasteiger partial charge in [0.25, 0.3) is 5.56 Å². The highest BCUT2D eigenvalue weighted by Crippen LogP contribution is 2.45. The third-order valence-corrected chi connectivity index (χ3v) is 5.61. The van der Waals surface area contributed by atoms with Crippen LogP contribution in [-0.2, 0) is 18.3 Å². The number of methoxy groups -OCH3 is 2. The molecule has 0 fully saturated rings. The summed E-state index contributed by atoms with van der Waals surface area (Å²) in [6, 6.07) is 5.06. The topological polar surface area (TPSA) is 70.4 Å². The number of benzene rings is 1. The number of carbonyl (C=O) groups is 1. The van der Waals surface area contributed by atoms with Gasteiger partial charge < -0.3 is 14.0 Å². The summed E-state index contributed by atoms with van der Waals surface area (Å²) in [4.78, 5) is 29.1. The van der Waals surface area contributed by atoms with Gasteiger partial charge in [0.05, 0.1) is 35.3 Å². The summed E-state index contributed by atoms with van der Waals surface area (Å²) in [5.41, 5.74) is 1.73. The maximum atomic E-state index is 13.2. The lowest BCUT2D eigenvalue weighted by Gasteiger charge is -2.16. The van der Waals surface area contributed by atoms with Gasteiger partial charge in [-0.2, -0.15) is 0 Å². The lowest BCUT2D eigenvalue weighted by Crippen LogP contribution is -2.19. The minimum absolute atomic E-state index is 0.0580. The zero-order valence-electron chi connectivity index (χ0n) is 16.8. The van der Waals surface area contributed by atoms with E-state index in [-0.39, 0.29) is 21.4 Å². The number of aromatic nitrogens is 2. The molecule has 6 nitrogen and oxygen atoms in total. The van der Waals surface area contributed by atoms with Crippen LogP contribution in [0.15, 0.2) is 41.8 Å². The first-order chi connectivity index (χ1) is 14.3. The minimum Gasteiger partial charge on any atom is -0.495 e. The van der Waals surface area contributed by atoms with Crippen molar-refractivity contribution in [2.45, 2.75) is 12.8 Å². The van der Waals surface area contributed by atoms with Gasteiger partial charge in [-0.15, -0.1) is 0 Å². The molecule has 0 aliphatic rings. The average Bonchev–Trinajstić information content (AvgIpc) is 2.75. The number of fused-ring (bicyclic) bond motifs is 1. The number of ketones is 1. The van der Waals surface area contributed by atoms with Crippen LogP contribution in [0.5, 0.6) is 11.5 Å². The van der Waals surface area contributed by atoms with Gasteiger partial charge in [-0.1, -0.05) is 29.8 Å². The molecule has 2 aromatic heterocycles. The van der Waals surface area contributed by atoms with Gasteiger partial charge in [-0.25, -0.2) is 0 Å². The minimum atomic E-state index is -0.291. The number of halogens is 2. The van der Waals surface area contributed by atoms with Crippen molar-refractivity contribution in [3.05, 3.63) is 63.1 Å². The number of aryl methyl sites for hydroxylation is 2. The second-order valence-corrected chi connectivity index (χ2v) is 7.37. The second kappa shape index (κ2) is 8.90. The Kier molecular flexibility index (Phi) is 6.48. The summed E-state index contributed by atoms with van der Waals surface area (Å²) >= 11 is 13.0. The van der Waals surface area contributed by atoms with Crippen molar-refractivity contribution in [3.8, 4) is 22.6 Å². The largest absolute Gasteiger partial charge is 0.495 e. The highest BCUT2D eigenvalue weighted by molar-refractivity contribution is 6.41. The summed E-state index contributed by atoms with van der Waals surface area (Å²) < 4.78 is 12.1. The molecule has 0 aliphatic carbocycles. The molecule has 0 unspecified atom stereocenters. The highest BCUT2D eigenvalue weighted by atomic mass is 35.5. The van der Waals surface area contributed by atoms with Gasteiger partial charge in [-0.05, 0) is 24.6 Å². The van der Waals surface area contributed by atoms with E-state index in [0.717, 1.165) is 5.39 Å². The fourth-order valence-electron chi connectivity index (χ4n) is 3.20. The molecule has 0 atom stereocenters. The van der Waals surface area contributed by atoms with Crippen molar-refractivity contribution < 1.29 is 14.3 Å². The van der Waals surface area contributed by atoms with Crippen molar-refractivity contribution in [1.82, 2.24) is 9.55 Å². The van der Waals surface area contributed by atoms with Gasteiger partial charge in [-0.3, -0.25) is 14.6 Å². The number of allylic oxidation sites excluding steroid dienone is 1. The molecule has 2 heterocycles. The maximum Gasteiger partial charge on any atom is 0.258 e. The van der Waals surface area contributed by atoms with Crippen molar-refractivity contribution in [1.29, 1.82) is 0 Å². The van der Waals surface area contributed by atoms with E-state index in [2.05, 4.69) is 11.6 Å². The molecule has 3 aromatic rings. The van der Waals surface area contributed by atoms with Crippen LogP contribution in [0.4, 0.5) is 0 Å². The normalized spacial score (nSPS) is 10.8. The predicted octanol–water partition coefficient (Wildman–Crippen LogP) is 4.61. The molecule has 0 bridgehead atoms. The Morgan fingerprint density at radius 2 is 1.80 bits per heavy atom. The van der Waals surface area contributed by atoms with E-state index in [1.807, 2.05) is 0 Å². The molecule has 3 rings (SSSR count). The molecule has 30 heavy (non-hydrogen) atoms. The molecule has 0 saturated carbocycles. The van der Waals surface area contributed by atoms with E-state index in [9.17, 15) is 9.59 Å². The molecule has 0 aliphatic heterocycles. The Morgan fingerprint density at radius 1 is 1.17 bits per heavy atom. The first-order valence-corrected chi connectivity index (χ1v) is 9.82. The summed E-state index contributed by atoms with van der Waals surface area (Å²) in [7, 11) is 4.60. The summed E-state index contributed by atoms with van der Waals surface area (Å²) in [6.07, 6.45) is 3.72. The Labute approximate surface area is 183 Å². The molecule has 0 radical (unpaired) electrons. The zero-order valence-corrected chi connectivity index (χ0v) is 18.3. The number of ether oxygens (including phenoxy) is 2. The van der Waals surface area contributed by atoms with Crippen LogP contribution in [0.3, 0.4) is 0 Å². The standard InChI is InChI=1S/C22H20Cl2N2O4/c1-5-14(27)7-6-13-9-16-12(11-25-13)8-15(22(28)26(16)2)19-20(23)17(29-3)10-18(30-4)21(19)24/h5,8-11H,1,6-7H2,2-4H3. The van der Waals surface area contributed by atoms with E-state index < -0.39 is 0 Å². The van der Waals surface area contributed by atoms with Gasteiger partial charge in [0.15, 0.2) is 5.78 Å². The number of carbonyl (C=O) groups excluding carboxylic acids is 1. The second-order valence-electron chi connectivity index (χ2n) is 6.61. The van der Waals surface area contributed by atoms with Crippen LogP contribution in [0, 0.1) is 0 Å². The summed E-state index contributed by atoms with van der Waals surface area (Å²) in [6.45, 7) is 3.47. The molecule has 0 spiro atoms. The van der Waals surface area contributed by atoms with Crippen molar-refractivity contribution in [3.63, 3.8) is 0 Å². The Balaban J connectivity index is 2.20. The molecule has 0 saturated heterocycles. The number of hydrogen-bond acceptors (Lipinski definition) is 5. The third-order valence-electron chi connectivity index (χ3n) is 4.86. The van der Waals surface area contributed by atoms with E-state index >= 15 is 0 Å². The Hall–Kier alpha value is -2.83. The van der Waals surface area contributed by atoms with Crippen LogP contribution in [0.1, 0.15) is 12.1 Å². The number of pyridine rings is 2. The maximum absolute atomic E-state index is 13.2. The quantitative estimate of drug-likeness (QED) is 0.495. The summed E-state index contributed by atoms with van der Waals surface area (Å²) in [5, 5.41) is 1.15. The molecule has 156 valence electrons. The average molecular weight is 447 g/mol. The summed E-state index contributed by atoms with van der Waals surface area (Å²) in [5.74, 6) is 0.628.